The van der Waals surface area contributed by atoms with Gasteiger partial charge in [-0.25, -0.2) is 9.78 Å². The lowest BCUT2D eigenvalue weighted by molar-refractivity contribution is 0.0605. The predicted octanol–water partition coefficient (Wildman–Crippen LogP) is 1.21. The van der Waals surface area contributed by atoms with E-state index in [1.54, 1.807) is 32.8 Å². The molecular formula is C13H16N4O3S. The summed E-state index contributed by atoms with van der Waals surface area (Å²) in [5.74, 6) is -0.000776. The molecule has 8 heteroatoms. The maximum atomic E-state index is 12.6. The fourth-order valence-corrected chi connectivity index (χ4v) is 2.99. The van der Waals surface area contributed by atoms with Crippen molar-refractivity contribution in [1.82, 2.24) is 14.6 Å². The molecule has 0 atom stereocenters. The molecule has 0 fully saturated rings. The first-order valence-corrected chi connectivity index (χ1v) is 7.00. The number of aryl methyl sites for hydroxylation is 2. The van der Waals surface area contributed by atoms with Crippen molar-refractivity contribution >= 4 is 33.9 Å². The maximum absolute atomic E-state index is 12.6. The van der Waals surface area contributed by atoms with Gasteiger partial charge in [0.15, 0.2) is 0 Å². The zero-order valence-corrected chi connectivity index (χ0v) is 13.3. The molecule has 2 aromatic rings. The summed E-state index contributed by atoms with van der Waals surface area (Å²) in [4.78, 5) is 31.3. The van der Waals surface area contributed by atoms with Crippen LogP contribution in [0.4, 0.5) is 0 Å². The largest absolute Gasteiger partial charge is 0.465 e. The molecule has 21 heavy (non-hydrogen) atoms. The van der Waals surface area contributed by atoms with Gasteiger partial charge in [-0.3, -0.25) is 4.79 Å². The third-order valence-electron chi connectivity index (χ3n) is 2.87. The Morgan fingerprint density at radius 2 is 2.10 bits per heavy atom. The van der Waals surface area contributed by atoms with Crippen LogP contribution < -0.4 is 5.56 Å². The van der Waals surface area contributed by atoms with E-state index in [0.29, 0.717) is 26.5 Å². The molecule has 0 bridgehead atoms. The first-order valence-electron chi connectivity index (χ1n) is 6.18. The van der Waals surface area contributed by atoms with Crippen molar-refractivity contribution in [3.63, 3.8) is 0 Å². The predicted molar refractivity (Wildman–Crippen MR) is 82.3 cm³/mol. The second-order valence-corrected chi connectivity index (χ2v) is 5.70. The number of methoxy groups -OCH3 is 1. The lowest BCUT2D eigenvalue weighted by atomic mass is 10.2. The third-order valence-corrected chi connectivity index (χ3v) is 4.04. The van der Waals surface area contributed by atoms with Crippen molar-refractivity contribution in [3.8, 4) is 0 Å². The highest BCUT2D eigenvalue weighted by atomic mass is 32.1. The zero-order valence-electron chi connectivity index (χ0n) is 12.5. The van der Waals surface area contributed by atoms with Crippen LogP contribution in [0.15, 0.2) is 9.90 Å². The summed E-state index contributed by atoms with van der Waals surface area (Å²) in [6, 6.07) is 0. The van der Waals surface area contributed by atoms with Crippen LogP contribution in [0.3, 0.4) is 0 Å². The van der Waals surface area contributed by atoms with Crippen LogP contribution in [0.5, 0.6) is 0 Å². The van der Waals surface area contributed by atoms with E-state index in [0.717, 1.165) is 11.3 Å². The van der Waals surface area contributed by atoms with Crippen LogP contribution in [0.1, 0.15) is 21.1 Å². The van der Waals surface area contributed by atoms with E-state index in [-0.39, 0.29) is 5.56 Å². The van der Waals surface area contributed by atoms with E-state index in [1.807, 2.05) is 0 Å². The first-order chi connectivity index (χ1) is 9.86. The lowest BCUT2D eigenvalue weighted by Gasteiger charge is -2.06. The number of carbonyl (C=O) groups is 1. The average Bonchev–Trinajstić information content (AvgIpc) is 2.74. The molecule has 0 N–H and O–H groups in total. The molecule has 0 saturated carbocycles. The van der Waals surface area contributed by atoms with E-state index < -0.39 is 5.97 Å². The molecule has 7 nitrogen and oxygen atoms in total. The van der Waals surface area contributed by atoms with E-state index in [4.69, 9.17) is 4.74 Å². The molecular weight excluding hydrogens is 292 g/mol. The molecule has 0 aliphatic heterocycles. The average molecular weight is 308 g/mol. The van der Waals surface area contributed by atoms with Gasteiger partial charge in [-0.05, 0) is 19.4 Å². The van der Waals surface area contributed by atoms with Crippen LogP contribution in [0.2, 0.25) is 0 Å². The standard InChI is InChI=1S/C13H16N4O3S/c1-7-9-11(21-10(7)13(19)20-5)15-8(2)17(12(9)18)14-6-16(3)4/h6H,1-5H3/b14-6+. The van der Waals surface area contributed by atoms with E-state index in [9.17, 15) is 9.59 Å². The van der Waals surface area contributed by atoms with Crippen molar-refractivity contribution < 1.29 is 9.53 Å². The fourth-order valence-electron chi connectivity index (χ4n) is 1.85. The van der Waals surface area contributed by atoms with Crippen LogP contribution >= 0.6 is 11.3 Å². The van der Waals surface area contributed by atoms with E-state index >= 15 is 0 Å². The van der Waals surface area contributed by atoms with Crippen molar-refractivity contribution in [2.45, 2.75) is 13.8 Å². The number of carbonyl (C=O) groups excluding carboxylic acids is 1. The van der Waals surface area contributed by atoms with Gasteiger partial charge in [0.1, 0.15) is 21.9 Å². The molecule has 0 aliphatic carbocycles. The van der Waals surface area contributed by atoms with Gasteiger partial charge in [0.25, 0.3) is 5.56 Å². The first kappa shape index (κ1) is 15.2. The van der Waals surface area contributed by atoms with Gasteiger partial charge >= 0.3 is 5.97 Å². The summed E-state index contributed by atoms with van der Waals surface area (Å²) >= 11 is 1.16. The monoisotopic (exact) mass is 308 g/mol. The lowest BCUT2D eigenvalue weighted by Crippen LogP contribution is -2.22. The number of nitrogens with zero attached hydrogens (tertiary/aromatic N) is 4. The summed E-state index contributed by atoms with van der Waals surface area (Å²) in [6.45, 7) is 3.41. The van der Waals surface area contributed by atoms with Gasteiger partial charge in [-0.1, -0.05) is 0 Å². The molecule has 112 valence electrons. The topological polar surface area (TPSA) is 76.8 Å². The minimum atomic E-state index is -0.462. The maximum Gasteiger partial charge on any atom is 0.348 e. The van der Waals surface area contributed by atoms with Crippen LogP contribution in [-0.2, 0) is 4.74 Å². The highest BCUT2D eigenvalue weighted by Gasteiger charge is 2.20. The van der Waals surface area contributed by atoms with Crippen molar-refractivity contribution in [3.05, 3.63) is 26.6 Å². The molecule has 2 heterocycles. The Kier molecular flexibility index (Phi) is 4.08. The Balaban J connectivity index is 2.74. The minimum Gasteiger partial charge on any atom is -0.465 e. The van der Waals surface area contributed by atoms with Gasteiger partial charge in [0.2, 0.25) is 0 Å². The number of thiophene rings is 1. The molecule has 0 amide bonds. The molecule has 2 rings (SSSR count). The number of ether oxygens (including phenoxy) is 1. The number of hydrogen-bond acceptors (Lipinski definition) is 6. The smallest absolute Gasteiger partial charge is 0.348 e. The zero-order chi connectivity index (χ0) is 15.7. The third kappa shape index (κ3) is 2.66. The number of aromatic nitrogens is 2. The molecule has 2 aromatic heterocycles. The molecule has 0 saturated heterocycles. The van der Waals surface area contributed by atoms with Crippen LogP contribution in [-0.4, -0.2) is 48.1 Å². The number of rotatable bonds is 3. The van der Waals surface area contributed by atoms with Crippen LogP contribution in [0.25, 0.3) is 10.2 Å². The van der Waals surface area contributed by atoms with Gasteiger partial charge in [0.05, 0.1) is 12.5 Å². The summed E-state index contributed by atoms with van der Waals surface area (Å²) < 4.78 is 5.95. The van der Waals surface area contributed by atoms with Gasteiger partial charge in [0, 0.05) is 14.1 Å². The Morgan fingerprint density at radius 1 is 1.43 bits per heavy atom. The Bertz CT molecular complexity index is 789. The summed E-state index contributed by atoms with van der Waals surface area (Å²) in [5, 5.41) is 4.51. The molecule has 0 aliphatic rings. The SMILES string of the molecule is COC(=O)c1sc2nc(C)n(/N=C/N(C)C)c(=O)c2c1C. The quantitative estimate of drug-likeness (QED) is 0.484. The molecule has 0 radical (unpaired) electrons. The van der Waals surface area contributed by atoms with Gasteiger partial charge < -0.3 is 9.64 Å². The highest BCUT2D eigenvalue weighted by Crippen LogP contribution is 2.27. The van der Waals surface area contributed by atoms with Crippen molar-refractivity contribution in [2.75, 3.05) is 21.2 Å². The van der Waals surface area contributed by atoms with Crippen LogP contribution in [0, 0.1) is 13.8 Å². The Hall–Kier alpha value is -2.22. The summed E-state index contributed by atoms with van der Waals surface area (Å²) in [6.07, 6.45) is 1.52. The summed E-state index contributed by atoms with van der Waals surface area (Å²) in [5.41, 5.74) is 0.285. The molecule has 0 aromatic carbocycles. The highest BCUT2D eigenvalue weighted by molar-refractivity contribution is 7.20. The fraction of sp³-hybridized carbons (Fsp3) is 0.385. The van der Waals surface area contributed by atoms with Gasteiger partial charge in [-0.2, -0.15) is 9.78 Å². The van der Waals surface area contributed by atoms with Crippen molar-refractivity contribution in [2.24, 2.45) is 5.10 Å². The van der Waals surface area contributed by atoms with E-state index in [2.05, 4.69) is 10.1 Å². The Labute approximate surface area is 125 Å². The van der Waals surface area contributed by atoms with E-state index in [1.165, 1.54) is 18.1 Å². The second kappa shape index (κ2) is 5.65. The minimum absolute atomic E-state index is 0.292. The number of fused-ring (bicyclic) bond motifs is 1. The normalized spacial score (nSPS) is 11.3. The molecule has 0 unspecified atom stereocenters. The number of hydrogen-bond donors (Lipinski definition) is 0. The van der Waals surface area contributed by atoms with Crippen molar-refractivity contribution in [1.29, 1.82) is 0 Å². The van der Waals surface area contributed by atoms with Gasteiger partial charge in [-0.15, -0.1) is 11.3 Å². The molecule has 0 spiro atoms. The second-order valence-electron chi connectivity index (χ2n) is 4.70. The number of esters is 1. The summed E-state index contributed by atoms with van der Waals surface area (Å²) in [7, 11) is 4.92. The Morgan fingerprint density at radius 3 is 2.67 bits per heavy atom.